The molecule has 0 radical (unpaired) electrons. The Kier molecular flexibility index (Phi) is 4.28. The summed E-state index contributed by atoms with van der Waals surface area (Å²) in [6, 6.07) is 1.52. The number of aliphatic hydroxyl groups excluding tert-OH is 1. The Morgan fingerprint density at radius 1 is 1.71 bits per heavy atom. The van der Waals surface area contributed by atoms with Crippen LogP contribution in [0.5, 0.6) is 0 Å². The first-order chi connectivity index (χ1) is 7.61. The van der Waals surface area contributed by atoms with Crippen molar-refractivity contribution < 1.29 is 9.84 Å². The average molecular weight is 260 g/mol. The van der Waals surface area contributed by atoms with E-state index in [-0.39, 0.29) is 30.9 Å². The van der Waals surface area contributed by atoms with Gasteiger partial charge in [-0.1, -0.05) is 6.58 Å². The zero-order valence-corrected chi connectivity index (χ0v) is 9.89. The number of halogens is 1. The van der Waals surface area contributed by atoms with E-state index in [1.165, 1.54) is 16.8 Å². The lowest BCUT2D eigenvalue weighted by Crippen LogP contribution is -2.28. The summed E-state index contributed by atoms with van der Waals surface area (Å²) in [5.74, 6) is 0.170. The van der Waals surface area contributed by atoms with Crippen LogP contribution in [0.2, 0.25) is 0 Å². The third kappa shape index (κ3) is 2.66. The third-order valence-electron chi connectivity index (χ3n) is 2.47. The molecule has 7 heteroatoms. The molecule has 0 spiro atoms. The minimum Gasteiger partial charge on any atom is -0.394 e. The van der Waals surface area contributed by atoms with Crippen LogP contribution in [0, 0.1) is 0 Å². The van der Waals surface area contributed by atoms with Crippen LogP contribution in [0.3, 0.4) is 0 Å². The Morgan fingerprint density at radius 3 is 2.94 bits per heavy atom. The van der Waals surface area contributed by atoms with Gasteiger partial charge in [0.15, 0.2) is 6.23 Å². The molecule has 0 unspecified atom stereocenters. The van der Waals surface area contributed by atoms with Crippen molar-refractivity contribution in [3.63, 3.8) is 0 Å². The fraction of sp³-hybridized carbons (Fsp3) is 0.400. The predicted octanol–water partition coefficient (Wildman–Crippen LogP) is 0.0833. The highest BCUT2D eigenvalue weighted by molar-refractivity contribution is 5.85. The van der Waals surface area contributed by atoms with E-state index >= 15 is 0 Å². The minimum absolute atomic E-state index is 0. The molecule has 6 nitrogen and oxygen atoms in total. The molecule has 0 aliphatic carbocycles. The molecule has 0 saturated carbocycles. The fourth-order valence-electron chi connectivity index (χ4n) is 1.69. The highest BCUT2D eigenvalue weighted by Crippen LogP contribution is 2.31. The molecule has 1 fully saturated rings. The molecule has 1 aromatic rings. The van der Waals surface area contributed by atoms with Crippen molar-refractivity contribution in [3.05, 3.63) is 34.9 Å². The molecule has 1 aromatic heterocycles. The maximum Gasteiger partial charge on any atom is 0.351 e. The van der Waals surface area contributed by atoms with E-state index in [4.69, 9.17) is 15.6 Å². The first-order valence-electron chi connectivity index (χ1n) is 4.90. The summed E-state index contributed by atoms with van der Waals surface area (Å²) in [7, 11) is 0. The Bertz CT molecular complexity index is 474. The van der Waals surface area contributed by atoms with Gasteiger partial charge in [-0.25, -0.2) is 4.79 Å². The van der Waals surface area contributed by atoms with Crippen molar-refractivity contribution in [3.8, 4) is 0 Å². The van der Waals surface area contributed by atoms with Gasteiger partial charge in [0, 0.05) is 12.6 Å². The summed E-state index contributed by atoms with van der Waals surface area (Å²) < 4.78 is 6.78. The van der Waals surface area contributed by atoms with Gasteiger partial charge in [-0.2, -0.15) is 4.98 Å². The van der Waals surface area contributed by atoms with E-state index < -0.39 is 11.9 Å². The Labute approximate surface area is 104 Å². The number of ether oxygens (including phenoxy) is 1. The summed E-state index contributed by atoms with van der Waals surface area (Å²) in [5, 5.41) is 8.97. The Balaban J connectivity index is 0.00000144. The van der Waals surface area contributed by atoms with Gasteiger partial charge in [0.05, 0.1) is 12.7 Å². The molecular formula is C10H14ClN3O3. The van der Waals surface area contributed by atoms with Crippen molar-refractivity contribution in [2.24, 2.45) is 0 Å². The summed E-state index contributed by atoms with van der Waals surface area (Å²) in [6.45, 7) is 3.73. The lowest BCUT2D eigenvalue weighted by Gasteiger charge is -2.14. The monoisotopic (exact) mass is 259 g/mol. The molecule has 1 aliphatic rings. The van der Waals surface area contributed by atoms with Crippen molar-refractivity contribution in [1.82, 2.24) is 9.55 Å². The van der Waals surface area contributed by atoms with Crippen LogP contribution in [0.4, 0.5) is 5.82 Å². The second-order valence-corrected chi connectivity index (χ2v) is 3.70. The van der Waals surface area contributed by atoms with E-state index in [0.29, 0.717) is 6.42 Å². The molecule has 17 heavy (non-hydrogen) atoms. The van der Waals surface area contributed by atoms with E-state index in [1.54, 1.807) is 0 Å². The molecule has 3 N–H and O–H groups in total. The van der Waals surface area contributed by atoms with Crippen LogP contribution in [0.25, 0.3) is 0 Å². The molecule has 0 aromatic carbocycles. The summed E-state index contributed by atoms with van der Waals surface area (Å²) in [6.07, 6.45) is 1.19. The molecule has 0 bridgehead atoms. The zero-order chi connectivity index (χ0) is 11.7. The van der Waals surface area contributed by atoms with Crippen LogP contribution >= 0.6 is 12.4 Å². The van der Waals surface area contributed by atoms with E-state index in [0.717, 1.165) is 5.57 Å². The zero-order valence-electron chi connectivity index (χ0n) is 9.07. The lowest BCUT2D eigenvalue weighted by molar-refractivity contribution is -0.0168. The summed E-state index contributed by atoms with van der Waals surface area (Å²) in [4.78, 5) is 15.2. The first kappa shape index (κ1) is 13.7. The van der Waals surface area contributed by atoms with E-state index in [9.17, 15) is 4.79 Å². The van der Waals surface area contributed by atoms with Gasteiger partial charge in [-0.3, -0.25) is 4.57 Å². The Hall–Kier alpha value is -1.37. The minimum atomic E-state index is -0.558. The normalized spacial score (nSPS) is 23.5. The lowest BCUT2D eigenvalue weighted by atomic mass is 10.2. The van der Waals surface area contributed by atoms with Gasteiger partial charge >= 0.3 is 5.69 Å². The fourth-order valence-corrected chi connectivity index (χ4v) is 1.69. The second kappa shape index (κ2) is 5.31. The van der Waals surface area contributed by atoms with Gasteiger partial charge in [-0.05, 0) is 11.6 Å². The predicted molar refractivity (Wildman–Crippen MR) is 64.9 cm³/mol. The number of nitrogens with zero attached hydrogens (tertiary/aromatic N) is 2. The van der Waals surface area contributed by atoms with Crippen molar-refractivity contribution in [2.45, 2.75) is 18.8 Å². The standard InChI is InChI=1S/C10H13N3O3.ClH/c1-6-4-7(5-14)16-9(6)13-3-2-8(11)12-10(13)15;/h2-3,7,9,14H,1,4-5H2,(H2,11,12,15);1H/t7-,9+;/m0./s1. The van der Waals surface area contributed by atoms with Gasteiger partial charge in [0.1, 0.15) is 5.82 Å². The topological polar surface area (TPSA) is 90.4 Å². The van der Waals surface area contributed by atoms with Crippen molar-refractivity contribution in [2.75, 3.05) is 12.3 Å². The van der Waals surface area contributed by atoms with Crippen molar-refractivity contribution >= 4 is 18.2 Å². The van der Waals surface area contributed by atoms with Crippen LogP contribution in [0.15, 0.2) is 29.2 Å². The highest BCUT2D eigenvalue weighted by Gasteiger charge is 2.30. The smallest absolute Gasteiger partial charge is 0.351 e. The molecule has 1 aliphatic heterocycles. The molecule has 2 atom stereocenters. The number of nitrogen functional groups attached to an aromatic ring is 1. The van der Waals surface area contributed by atoms with E-state index in [2.05, 4.69) is 11.6 Å². The summed E-state index contributed by atoms with van der Waals surface area (Å²) >= 11 is 0. The maximum absolute atomic E-state index is 11.6. The van der Waals surface area contributed by atoms with Gasteiger partial charge in [-0.15, -0.1) is 12.4 Å². The quantitative estimate of drug-likeness (QED) is 0.735. The third-order valence-corrected chi connectivity index (χ3v) is 2.47. The SMILES string of the molecule is C=C1C[C@@H](CO)O[C@H]1n1ccc(N)nc1=O.Cl. The molecule has 2 rings (SSSR count). The second-order valence-electron chi connectivity index (χ2n) is 3.70. The number of nitrogens with two attached hydrogens (primary N) is 1. The van der Waals surface area contributed by atoms with Crippen LogP contribution in [0.1, 0.15) is 12.6 Å². The molecule has 2 heterocycles. The number of anilines is 1. The molecule has 94 valence electrons. The van der Waals surface area contributed by atoms with Crippen LogP contribution in [-0.2, 0) is 4.74 Å². The van der Waals surface area contributed by atoms with Crippen LogP contribution in [-0.4, -0.2) is 27.4 Å². The Morgan fingerprint density at radius 2 is 2.41 bits per heavy atom. The molecular weight excluding hydrogens is 246 g/mol. The first-order valence-corrected chi connectivity index (χ1v) is 4.90. The van der Waals surface area contributed by atoms with Gasteiger partial charge in [0.2, 0.25) is 0 Å². The number of aliphatic hydroxyl groups is 1. The van der Waals surface area contributed by atoms with Crippen LogP contribution < -0.4 is 11.4 Å². The van der Waals surface area contributed by atoms with E-state index in [1.807, 2.05) is 0 Å². The molecule has 0 amide bonds. The van der Waals surface area contributed by atoms with Gasteiger partial charge < -0.3 is 15.6 Å². The number of rotatable bonds is 2. The van der Waals surface area contributed by atoms with Gasteiger partial charge in [0.25, 0.3) is 0 Å². The number of hydrogen-bond donors (Lipinski definition) is 2. The average Bonchev–Trinajstić information content (AvgIpc) is 2.60. The maximum atomic E-state index is 11.6. The number of hydrogen-bond acceptors (Lipinski definition) is 5. The largest absolute Gasteiger partial charge is 0.394 e. The number of aromatic nitrogens is 2. The summed E-state index contributed by atoms with van der Waals surface area (Å²) in [5.41, 5.74) is 5.65. The molecule has 1 saturated heterocycles. The highest BCUT2D eigenvalue weighted by atomic mass is 35.5. The van der Waals surface area contributed by atoms with Crippen molar-refractivity contribution in [1.29, 1.82) is 0 Å².